The average Bonchev–Trinajstić information content (AvgIpc) is 2.70. The Kier molecular flexibility index (Phi) is 8.68. The number of rotatable bonds is 10. The van der Waals surface area contributed by atoms with E-state index in [0.717, 1.165) is 16.9 Å². The summed E-state index contributed by atoms with van der Waals surface area (Å²) in [5, 5.41) is 2.77. The fourth-order valence-corrected chi connectivity index (χ4v) is 2.69. The molecule has 0 heterocycles. The molecule has 1 N–H and O–H groups in total. The van der Waals surface area contributed by atoms with Gasteiger partial charge >= 0.3 is 5.97 Å². The van der Waals surface area contributed by atoms with Crippen molar-refractivity contribution in [3.8, 4) is 5.75 Å². The van der Waals surface area contributed by atoms with Crippen molar-refractivity contribution in [1.29, 1.82) is 0 Å². The molecule has 0 radical (unpaired) electrons. The number of ether oxygens (including phenoxy) is 3. The summed E-state index contributed by atoms with van der Waals surface area (Å²) in [5.41, 5.74) is 3.14. The summed E-state index contributed by atoms with van der Waals surface area (Å²) in [6.45, 7) is 9.10. The van der Waals surface area contributed by atoms with Crippen molar-refractivity contribution in [3.05, 3.63) is 59.2 Å². The molecular formula is C23H29NO5. The molecule has 0 aliphatic heterocycles. The maximum absolute atomic E-state index is 12.2. The van der Waals surface area contributed by atoms with Crippen molar-refractivity contribution in [1.82, 2.24) is 0 Å². The third-order valence-electron chi connectivity index (χ3n) is 4.22. The van der Waals surface area contributed by atoms with Gasteiger partial charge in [-0.1, -0.05) is 26.0 Å². The summed E-state index contributed by atoms with van der Waals surface area (Å²) in [4.78, 5) is 24.2. The summed E-state index contributed by atoms with van der Waals surface area (Å²) >= 11 is 0. The van der Waals surface area contributed by atoms with Crippen molar-refractivity contribution in [2.24, 2.45) is 0 Å². The minimum Gasteiger partial charge on any atom is -0.483 e. The second kappa shape index (κ2) is 11.2. The van der Waals surface area contributed by atoms with Crippen LogP contribution in [0.15, 0.2) is 42.5 Å². The van der Waals surface area contributed by atoms with Crippen LogP contribution in [0.25, 0.3) is 0 Å². The molecule has 1 amide bonds. The number of hydrogen-bond acceptors (Lipinski definition) is 5. The molecule has 0 unspecified atom stereocenters. The molecule has 0 aliphatic carbocycles. The predicted molar refractivity (Wildman–Crippen MR) is 113 cm³/mol. The lowest BCUT2D eigenvalue weighted by molar-refractivity contribution is -0.118. The van der Waals surface area contributed by atoms with Crippen LogP contribution in [0.4, 0.5) is 5.69 Å². The minimum absolute atomic E-state index is 0.0929. The second-order valence-electron chi connectivity index (χ2n) is 6.94. The van der Waals surface area contributed by atoms with E-state index < -0.39 is 5.97 Å². The van der Waals surface area contributed by atoms with E-state index in [1.165, 1.54) is 0 Å². The number of esters is 1. The largest absolute Gasteiger partial charge is 0.483 e. The molecule has 2 aromatic carbocycles. The Morgan fingerprint density at radius 1 is 1.03 bits per heavy atom. The first-order valence-electron chi connectivity index (χ1n) is 9.78. The van der Waals surface area contributed by atoms with Crippen LogP contribution < -0.4 is 10.1 Å². The van der Waals surface area contributed by atoms with E-state index in [9.17, 15) is 9.59 Å². The monoisotopic (exact) mass is 399 g/mol. The van der Waals surface area contributed by atoms with Gasteiger partial charge in [0.1, 0.15) is 12.4 Å². The molecule has 0 fully saturated rings. The van der Waals surface area contributed by atoms with E-state index in [1.54, 1.807) is 24.3 Å². The molecule has 6 heteroatoms. The molecule has 0 saturated carbocycles. The summed E-state index contributed by atoms with van der Waals surface area (Å²) in [6, 6.07) is 12.5. The highest BCUT2D eigenvalue weighted by Gasteiger charge is 2.11. The van der Waals surface area contributed by atoms with Gasteiger partial charge in [0.25, 0.3) is 5.91 Å². The van der Waals surface area contributed by atoms with Gasteiger partial charge in [0, 0.05) is 12.3 Å². The van der Waals surface area contributed by atoms with Gasteiger partial charge in [-0.05, 0) is 61.2 Å². The zero-order valence-electron chi connectivity index (χ0n) is 17.5. The normalized spacial score (nSPS) is 10.7. The number of anilines is 1. The zero-order valence-corrected chi connectivity index (χ0v) is 17.5. The van der Waals surface area contributed by atoms with Crippen LogP contribution in [0.1, 0.15) is 48.2 Å². The quantitative estimate of drug-likeness (QED) is 0.475. The Balaban J connectivity index is 1.87. The van der Waals surface area contributed by atoms with E-state index in [0.29, 0.717) is 30.4 Å². The van der Waals surface area contributed by atoms with Crippen molar-refractivity contribution < 1.29 is 23.8 Å². The zero-order chi connectivity index (χ0) is 21.2. The minimum atomic E-state index is -0.424. The molecule has 156 valence electrons. The molecular weight excluding hydrogens is 370 g/mol. The first-order chi connectivity index (χ1) is 13.9. The van der Waals surface area contributed by atoms with Crippen LogP contribution in [-0.2, 0) is 14.3 Å². The lowest BCUT2D eigenvalue weighted by Gasteiger charge is -2.15. The molecule has 29 heavy (non-hydrogen) atoms. The van der Waals surface area contributed by atoms with E-state index in [1.807, 2.05) is 32.0 Å². The number of carbonyl (C=O) groups excluding carboxylic acids is 2. The summed E-state index contributed by atoms with van der Waals surface area (Å²) in [6.07, 6.45) is 0. The summed E-state index contributed by atoms with van der Waals surface area (Å²) in [5.74, 6) is 0.328. The smallest absolute Gasteiger partial charge is 0.338 e. The van der Waals surface area contributed by atoms with E-state index in [-0.39, 0.29) is 19.1 Å². The molecule has 0 atom stereocenters. The van der Waals surface area contributed by atoms with Crippen LogP contribution in [0, 0.1) is 6.92 Å². The summed E-state index contributed by atoms with van der Waals surface area (Å²) < 4.78 is 16.0. The maximum Gasteiger partial charge on any atom is 0.338 e. The van der Waals surface area contributed by atoms with Crippen LogP contribution >= 0.6 is 0 Å². The first-order valence-corrected chi connectivity index (χ1v) is 9.78. The Labute approximate surface area is 172 Å². The van der Waals surface area contributed by atoms with Crippen LogP contribution in [-0.4, -0.2) is 38.3 Å². The van der Waals surface area contributed by atoms with E-state index in [2.05, 4.69) is 19.2 Å². The van der Waals surface area contributed by atoms with Gasteiger partial charge in [0.05, 0.1) is 12.2 Å². The van der Waals surface area contributed by atoms with Gasteiger partial charge < -0.3 is 19.5 Å². The molecule has 0 aromatic heterocycles. The Bertz CT molecular complexity index is 815. The summed E-state index contributed by atoms with van der Waals surface area (Å²) in [7, 11) is 0. The van der Waals surface area contributed by atoms with Gasteiger partial charge in [-0.25, -0.2) is 4.79 Å². The van der Waals surface area contributed by atoms with Crippen molar-refractivity contribution in [3.63, 3.8) is 0 Å². The fraction of sp³-hybridized carbons (Fsp3) is 0.391. The standard InChI is InChI=1S/C23H29NO5/c1-5-27-12-13-28-23(26)18-7-9-19(10-8-18)24-22(25)15-29-21-14-17(4)6-11-20(21)16(2)3/h6-11,14,16H,5,12-13,15H2,1-4H3,(H,24,25). The molecule has 2 aromatic rings. The highest BCUT2D eigenvalue weighted by atomic mass is 16.6. The molecule has 0 bridgehead atoms. The fourth-order valence-electron chi connectivity index (χ4n) is 2.69. The Hall–Kier alpha value is -2.86. The van der Waals surface area contributed by atoms with Crippen molar-refractivity contribution >= 4 is 17.6 Å². The lowest BCUT2D eigenvalue weighted by atomic mass is 10.0. The molecule has 2 rings (SSSR count). The number of aryl methyl sites for hydroxylation is 1. The average molecular weight is 399 g/mol. The van der Waals surface area contributed by atoms with E-state index in [4.69, 9.17) is 14.2 Å². The van der Waals surface area contributed by atoms with Crippen molar-refractivity contribution in [2.45, 2.75) is 33.6 Å². The van der Waals surface area contributed by atoms with Crippen molar-refractivity contribution in [2.75, 3.05) is 31.7 Å². The Morgan fingerprint density at radius 3 is 2.41 bits per heavy atom. The number of hydrogen-bond donors (Lipinski definition) is 1. The van der Waals surface area contributed by atoms with Crippen LogP contribution in [0.3, 0.4) is 0 Å². The molecule has 0 aliphatic rings. The topological polar surface area (TPSA) is 73.9 Å². The lowest BCUT2D eigenvalue weighted by Crippen LogP contribution is -2.20. The van der Waals surface area contributed by atoms with Crippen LogP contribution in [0.2, 0.25) is 0 Å². The third kappa shape index (κ3) is 7.23. The number of benzene rings is 2. The van der Waals surface area contributed by atoms with E-state index >= 15 is 0 Å². The number of nitrogens with one attached hydrogen (secondary N) is 1. The van der Waals surface area contributed by atoms with Crippen LogP contribution in [0.5, 0.6) is 5.75 Å². The SMILES string of the molecule is CCOCCOC(=O)c1ccc(NC(=O)COc2cc(C)ccc2C(C)C)cc1. The van der Waals surface area contributed by atoms with Gasteiger partial charge in [0.15, 0.2) is 6.61 Å². The maximum atomic E-state index is 12.2. The molecule has 6 nitrogen and oxygen atoms in total. The number of amides is 1. The highest BCUT2D eigenvalue weighted by molar-refractivity contribution is 5.93. The van der Waals surface area contributed by atoms with Gasteiger partial charge in [-0.3, -0.25) is 4.79 Å². The second-order valence-corrected chi connectivity index (χ2v) is 6.94. The predicted octanol–water partition coefficient (Wildman–Crippen LogP) is 4.33. The highest BCUT2D eigenvalue weighted by Crippen LogP contribution is 2.27. The molecule has 0 spiro atoms. The number of carbonyl (C=O) groups is 2. The Morgan fingerprint density at radius 2 is 1.76 bits per heavy atom. The van der Waals surface area contributed by atoms with Gasteiger partial charge in [-0.2, -0.15) is 0 Å². The van der Waals surface area contributed by atoms with Gasteiger partial charge in [-0.15, -0.1) is 0 Å². The first kappa shape index (κ1) is 22.4. The van der Waals surface area contributed by atoms with Gasteiger partial charge in [0.2, 0.25) is 0 Å². The third-order valence-corrected chi connectivity index (χ3v) is 4.22. The molecule has 0 saturated heterocycles.